The number of halogens is 1. The van der Waals surface area contributed by atoms with Gasteiger partial charge in [-0.1, -0.05) is 0 Å². The van der Waals surface area contributed by atoms with Crippen molar-refractivity contribution in [2.45, 2.75) is 44.4 Å². The third-order valence-corrected chi connectivity index (χ3v) is 6.16. The first kappa shape index (κ1) is 22.6. The Hall–Kier alpha value is -2.04. The predicted molar refractivity (Wildman–Crippen MR) is 110 cm³/mol. The number of fused-ring (bicyclic) bond motifs is 1. The highest BCUT2D eigenvalue weighted by Gasteiger charge is 2.52. The van der Waals surface area contributed by atoms with Gasteiger partial charge < -0.3 is 14.2 Å². The van der Waals surface area contributed by atoms with Gasteiger partial charge >= 0.3 is 5.97 Å². The Bertz CT molecular complexity index is 871. The van der Waals surface area contributed by atoms with Crippen LogP contribution >= 0.6 is 11.8 Å². The number of ether oxygens (including phenoxy) is 3. The van der Waals surface area contributed by atoms with E-state index in [0.717, 1.165) is 12.1 Å². The van der Waals surface area contributed by atoms with Gasteiger partial charge in [-0.05, 0) is 26.8 Å². The van der Waals surface area contributed by atoms with Crippen molar-refractivity contribution in [3.63, 3.8) is 0 Å². The van der Waals surface area contributed by atoms with E-state index in [2.05, 4.69) is 0 Å². The Morgan fingerprint density at radius 1 is 1.47 bits per heavy atom. The molecular formula is C20H25FN2O6S. The summed E-state index contributed by atoms with van der Waals surface area (Å²) in [4.78, 5) is 27.8. The molecule has 0 aliphatic carbocycles. The topological polar surface area (TPSA) is 100 Å². The normalized spacial score (nSPS) is 26.5. The third kappa shape index (κ3) is 4.65. The number of carbonyl (C=O) groups excluding carboxylic acids is 1. The standard InChI is InChI=1S/C20H25FN2O6S/c1-19(2,3)29-18(24)8-17-22-20(11-28-9-16(27-4)14(20)10-30-17)13-7-12(23(25)26)5-6-15(13)21/h5-7,14,16H,8-11H2,1-4H3/t14-,16+,20-/m1/s1. The molecule has 0 bridgehead atoms. The van der Waals surface area contributed by atoms with Crippen LogP contribution in [0.25, 0.3) is 0 Å². The molecule has 0 amide bonds. The molecule has 0 spiro atoms. The number of esters is 1. The molecule has 0 radical (unpaired) electrons. The van der Waals surface area contributed by atoms with Crippen LogP contribution in [0.4, 0.5) is 10.1 Å². The number of methoxy groups -OCH3 is 1. The van der Waals surface area contributed by atoms with Gasteiger partial charge in [-0.15, -0.1) is 11.8 Å². The van der Waals surface area contributed by atoms with Crippen molar-refractivity contribution >= 4 is 28.5 Å². The lowest BCUT2D eigenvalue weighted by Gasteiger charge is -2.47. The maximum Gasteiger partial charge on any atom is 0.312 e. The number of rotatable bonds is 5. The molecule has 2 aliphatic rings. The number of nitrogens with zero attached hydrogens (tertiary/aromatic N) is 2. The average molecular weight is 440 g/mol. The summed E-state index contributed by atoms with van der Waals surface area (Å²) in [7, 11) is 1.54. The molecule has 3 rings (SSSR count). The highest BCUT2D eigenvalue weighted by atomic mass is 32.2. The molecule has 1 fully saturated rings. The van der Waals surface area contributed by atoms with E-state index in [0.29, 0.717) is 17.4 Å². The number of aliphatic imine (C=N–C) groups is 1. The minimum atomic E-state index is -1.22. The molecule has 10 heteroatoms. The van der Waals surface area contributed by atoms with Crippen LogP contribution in [-0.4, -0.2) is 53.7 Å². The fourth-order valence-electron chi connectivity index (χ4n) is 3.78. The molecule has 2 aliphatic heterocycles. The Morgan fingerprint density at radius 3 is 2.83 bits per heavy atom. The van der Waals surface area contributed by atoms with Gasteiger partial charge in [0.25, 0.3) is 5.69 Å². The van der Waals surface area contributed by atoms with E-state index in [1.807, 2.05) is 0 Å². The molecule has 2 heterocycles. The van der Waals surface area contributed by atoms with Crippen molar-refractivity contribution in [2.24, 2.45) is 10.9 Å². The summed E-state index contributed by atoms with van der Waals surface area (Å²) in [5.41, 5.74) is -2.03. The Labute approximate surface area is 178 Å². The van der Waals surface area contributed by atoms with Crippen LogP contribution in [0.2, 0.25) is 0 Å². The van der Waals surface area contributed by atoms with E-state index in [-0.39, 0.29) is 36.3 Å². The molecule has 164 valence electrons. The summed E-state index contributed by atoms with van der Waals surface area (Å²) in [6.07, 6.45) is -0.429. The molecule has 0 N–H and O–H groups in total. The SMILES string of the molecule is CO[C@H]1COC[C@]2(c3cc([N+](=O)[O-])ccc3F)N=C(CC(=O)OC(C)(C)C)SC[C@H]12. The number of carbonyl (C=O) groups is 1. The predicted octanol–water partition coefficient (Wildman–Crippen LogP) is 3.47. The van der Waals surface area contributed by atoms with E-state index in [4.69, 9.17) is 19.2 Å². The van der Waals surface area contributed by atoms with E-state index in [1.54, 1.807) is 27.9 Å². The fraction of sp³-hybridized carbons (Fsp3) is 0.600. The minimum Gasteiger partial charge on any atom is -0.460 e. The van der Waals surface area contributed by atoms with Crippen molar-refractivity contribution in [1.82, 2.24) is 0 Å². The van der Waals surface area contributed by atoms with Crippen molar-refractivity contribution in [3.05, 3.63) is 39.7 Å². The van der Waals surface area contributed by atoms with Crippen molar-refractivity contribution in [1.29, 1.82) is 0 Å². The largest absolute Gasteiger partial charge is 0.460 e. The van der Waals surface area contributed by atoms with Crippen molar-refractivity contribution < 1.29 is 28.3 Å². The zero-order valence-electron chi connectivity index (χ0n) is 17.3. The van der Waals surface area contributed by atoms with Crippen molar-refractivity contribution in [3.8, 4) is 0 Å². The lowest BCUT2D eigenvalue weighted by atomic mass is 9.75. The monoisotopic (exact) mass is 440 g/mol. The van der Waals surface area contributed by atoms with Gasteiger partial charge in [0.15, 0.2) is 0 Å². The molecule has 0 saturated carbocycles. The van der Waals surface area contributed by atoms with Crippen LogP contribution < -0.4 is 0 Å². The summed E-state index contributed by atoms with van der Waals surface area (Å²) in [6.45, 7) is 5.67. The minimum absolute atomic E-state index is 0.0357. The molecule has 0 aromatic heterocycles. The van der Waals surface area contributed by atoms with E-state index >= 15 is 0 Å². The lowest BCUT2D eigenvalue weighted by molar-refractivity contribution is -0.385. The number of thioether (sulfide) groups is 1. The van der Waals surface area contributed by atoms with Gasteiger partial charge in [0, 0.05) is 36.5 Å². The Balaban J connectivity index is 2.06. The van der Waals surface area contributed by atoms with E-state index in [1.165, 1.54) is 17.8 Å². The van der Waals surface area contributed by atoms with Crippen LogP contribution in [-0.2, 0) is 24.5 Å². The molecule has 8 nitrogen and oxygen atoms in total. The summed E-state index contributed by atoms with van der Waals surface area (Å²) in [5, 5.41) is 11.8. The smallest absolute Gasteiger partial charge is 0.312 e. The summed E-state index contributed by atoms with van der Waals surface area (Å²) in [5.74, 6) is -0.828. The second kappa shape index (κ2) is 8.60. The van der Waals surface area contributed by atoms with Crippen LogP contribution in [0.15, 0.2) is 23.2 Å². The van der Waals surface area contributed by atoms with Gasteiger partial charge in [0.1, 0.15) is 17.0 Å². The van der Waals surface area contributed by atoms with Crippen molar-refractivity contribution in [2.75, 3.05) is 26.1 Å². The molecule has 30 heavy (non-hydrogen) atoms. The van der Waals surface area contributed by atoms with Crippen LogP contribution in [0.3, 0.4) is 0 Å². The molecule has 1 aromatic rings. The molecule has 3 atom stereocenters. The molecule has 1 saturated heterocycles. The fourth-order valence-corrected chi connectivity index (χ4v) is 5.09. The lowest BCUT2D eigenvalue weighted by Crippen LogP contribution is -2.54. The second-order valence-electron chi connectivity index (χ2n) is 8.32. The Morgan fingerprint density at radius 2 is 2.20 bits per heavy atom. The zero-order chi connectivity index (χ0) is 22.1. The number of hydrogen-bond acceptors (Lipinski definition) is 8. The highest BCUT2D eigenvalue weighted by Crippen LogP contribution is 2.47. The van der Waals surface area contributed by atoms with Crippen LogP contribution in [0, 0.1) is 21.8 Å². The number of nitro groups is 1. The van der Waals surface area contributed by atoms with Gasteiger partial charge in [0.05, 0.1) is 35.7 Å². The summed E-state index contributed by atoms with van der Waals surface area (Å²) < 4.78 is 31.6. The highest BCUT2D eigenvalue weighted by molar-refractivity contribution is 8.14. The first-order valence-corrected chi connectivity index (χ1v) is 10.5. The summed E-state index contributed by atoms with van der Waals surface area (Å²) in [6, 6.07) is 3.39. The van der Waals surface area contributed by atoms with Gasteiger partial charge in [-0.25, -0.2) is 4.39 Å². The van der Waals surface area contributed by atoms with Crippen LogP contribution in [0.5, 0.6) is 0 Å². The molecular weight excluding hydrogens is 415 g/mol. The van der Waals surface area contributed by atoms with E-state index < -0.39 is 27.8 Å². The number of hydrogen-bond donors (Lipinski definition) is 0. The maximum absolute atomic E-state index is 14.9. The maximum atomic E-state index is 14.9. The average Bonchev–Trinajstić information content (AvgIpc) is 2.65. The number of non-ortho nitro benzene ring substituents is 1. The molecule has 1 aromatic carbocycles. The zero-order valence-corrected chi connectivity index (χ0v) is 18.2. The first-order chi connectivity index (χ1) is 14.1. The van der Waals surface area contributed by atoms with E-state index in [9.17, 15) is 19.3 Å². The Kier molecular flexibility index (Phi) is 6.49. The first-order valence-electron chi connectivity index (χ1n) is 9.54. The third-order valence-electron chi connectivity index (χ3n) is 5.07. The number of benzene rings is 1. The second-order valence-corrected chi connectivity index (χ2v) is 9.41. The van der Waals surface area contributed by atoms with Gasteiger partial charge in [-0.2, -0.15) is 0 Å². The van der Waals surface area contributed by atoms with Crippen LogP contribution in [0.1, 0.15) is 32.8 Å². The quantitative estimate of drug-likeness (QED) is 0.393. The summed E-state index contributed by atoms with van der Waals surface area (Å²) >= 11 is 1.39. The number of nitro benzene ring substituents is 1. The van der Waals surface area contributed by atoms with Gasteiger partial charge in [-0.3, -0.25) is 19.9 Å². The van der Waals surface area contributed by atoms with Gasteiger partial charge in [0.2, 0.25) is 0 Å². The molecule has 0 unspecified atom stereocenters.